The minimum Gasteiger partial charge on any atom is -0.497 e. The van der Waals surface area contributed by atoms with Gasteiger partial charge in [-0.15, -0.1) is 0 Å². The fourth-order valence-corrected chi connectivity index (χ4v) is 4.84. The van der Waals surface area contributed by atoms with Crippen LogP contribution in [-0.2, 0) is 25.9 Å². The molecule has 156 valence electrons. The molecule has 1 unspecified atom stereocenters. The number of quaternary nitrogens is 1. The molecule has 2 heterocycles. The summed E-state index contributed by atoms with van der Waals surface area (Å²) in [5, 5.41) is 1.07. The summed E-state index contributed by atoms with van der Waals surface area (Å²) in [6, 6.07) is 8.10. The first-order chi connectivity index (χ1) is 14.6. The molecule has 30 heavy (non-hydrogen) atoms. The Bertz CT molecular complexity index is 1200. The Labute approximate surface area is 175 Å². The molecule has 3 aromatic rings. The van der Waals surface area contributed by atoms with Crippen LogP contribution < -0.4 is 24.7 Å². The first-order valence-electron chi connectivity index (χ1n) is 10.4. The number of fused-ring (bicyclic) bond motifs is 4. The average Bonchev–Trinajstić information content (AvgIpc) is 3.26. The van der Waals surface area contributed by atoms with Gasteiger partial charge < -0.3 is 18.6 Å². The molecule has 6 nitrogen and oxygen atoms in total. The molecule has 6 heteroatoms. The van der Waals surface area contributed by atoms with Gasteiger partial charge in [-0.1, -0.05) is 0 Å². The van der Waals surface area contributed by atoms with E-state index in [1.807, 2.05) is 25.1 Å². The Morgan fingerprint density at radius 2 is 1.93 bits per heavy atom. The van der Waals surface area contributed by atoms with Gasteiger partial charge in [-0.2, -0.15) is 0 Å². The van der Waals surface area contributed by atoms with Crippen LogP contribution in [0.3, 0.4) is 0 Å². The van der Waals surface area contributed by atoms with Crippen LogP contribution in [-0.4, -0.2) is 21.0 Å². The van der Waals surface area contributed by atoms with E-state index in [4.69, 9.17) is 18.6 Å². The van der Waals surface area contributed by atoms with Gasteiger partial charge in [0, 0.05) is 33.7 Å². The molecule has 1 aromatic heterocycles. The van der Waals surface area contributed by atoms with E-state index < -0.39 is 0 Å². The second-order valence-electron chi connectivity index (χ2n) is 8.14. The third-order valence-electron chi connectivity index (χ3n) is 6.32. The Morgan fingerprint density at radius 3 is 2.73 bits per heavy atom. The highest BCUT2D eigenvalue weighted by molar-refractivity contribution is 5.87. The zero-order chi connectivity index (χ0) is 20.8. The van der Waals surface area contributed by atoms with Gasteiger partial charge in [0.2, 0.25) is 6.73 Å². The van der Waals surface area contributed by atoms with E-state index in [1.54, 1.807) is 14.2 Å². The van der Waals surface area contributed by atoms with Crippen molar-refractivity contribution in [3.8, 4) is 17.2 Å². The van der Waals surface area contributed by atoms with E-state index in [1.165, 1.54) is 4.90 Å². The van der Waals surface area contributed by atoms with Crippen molar-refractivity contribution in [1.29, 1.82) is 0 Å². The van der Waals surface area contributed by atoms with Crippen molar-refractivity contribution in [1.82, 2.24) is 0 Å². The van der Waals surface area contributed by atoms with Crippen LogP contribution in [0.2, 0.25) is 0 Å². The summed E-state index contributed by atoms with van der Waals surface area (Å²) < 4.78 is 22.7. The monoisotopic (exact) mass is 408 g/mol. The summed E-state index contributed by atoms with van der Waals surface area (Å²) >= 11 is 0. The molecule has 0 saturated heterocycles. The number of benzene rings is 2. The fraction of sp³-hybridized carbons (Fsp3) is 0.375. The van der Waals surface area contributed by atoms with Crippen LogP contribution in [0.15, 0.2) is 33.5 Å². The lowest BCUT2D eigenvalue weighted by molar-refractivity contribution is -0.945. The van der Waals surface area contributed by atoms with Gasteiger partial charge in [0.25, 0.3) is 0 Å². The van der Waals surface area contributed by atoms with Gasteiger partial charge in [0.15, 0.2) is 0 Å². The predicted molar refractivity (Wildman–Crippen MR) is 113 cm³/mol. The lowest BCUT2D eigenvalue weighted by Crippen LogP contribution is -3.10. The Balaban J connectivity index is 1.50. The molecule has 0 radical (unpaired) electrons. The standard InChI is InChI=1S/C24H25NO5/c1-14-22-16(9-20-18-5-4-6-19(18)24(26)30-23(14)20)12-25(13-29-22)11-15-7-8-17(27-2)10-21(15)28-3/h7-10H,4-6,11-13H2,1-3H3/p+1. The molecule has 1 atom stereocenters. The third-order valence-corrected chi connectivity index (χ3v) is 6.32. The second kappa shape index (κ2) is 7.36. The average molecular weight is 408 g/mol. The molecule has 0 bridgehead atoms. The Hall–Kier alpha value is -2.99. The van der Waals surface area contributed by atoms with E-state index in [2.05, 4.69) is 6.07 Å². The van der Waals surface area contributed by atoms with Crippen molar-refractivity contribution in [2.24, 2.45) is 0 Å². The van der Waals surface area contributed by atoms with Crippen LogP contribution in [0, 0.1) is 6.92 Å². The number of methoxy groups -OCH3 is 2. The summed E-state index contributed by atoms with van der Waals surface area (Å²) in [6.07, 6.45) is 2.77. The van der Waals surface area contributed by atoms with Gasteiger partial charge in [0.05, 0.1) is 14.2 Å². The maximum atomic E-state index is 12.4. The van der Waals surface area contributed by atoms with E-state index in [9.17, 15) is 4.79 Å². The molecule has 1 aliphatic carbocycles. The molecule has 2 aliphatic rings. The van der Waals surface area contributed by atoms with E-state index in [0.717, 1.165) is 82.8 Å². The van der Waals surface area contributed by atoms with Gasteiger partial charge in [0.1, 0.15) is 35.9 Å². The normalized spacial score (nSPS) is 17.4. The molecule has 2 aromatic carbocycles. The van der Waals surface area contributed by atoms with Gasteiger partial charge in [-0.25, -0.2) is 4.79 Å². The van der Waals surface area contributed by atoms with Crippen LogP contribution in [0.4, 0.5) is 0 Å². The van der Waals surface area contributed by atoms with Crippen molar-refractivity contribution < 1.29 is 23.5 Å². The van der Waals surface area contributed by atoms with Crippen molar-refractivity contribution in [3.63, 3.8) is 0 Å². The highest BCUT2D eigenvalue weighted by Gasteiger charge is 2.28. The van der Waals surface area contributed by atoms with Gasteiger partial charge in [-0.05, 0) is 49.9 Å². The number of hydrogen-bond donors (Lipinski definition) is 1. The molecular formula is C24H26NO5+. The minimum atomic E-state index is -0.187. The molecule has 0 fully saturated rings. The molecule has 0 spiro atoms. The minimum absolute atomic E-state index is 0.187. The van der Waals surface area contributed by atoms with Crippen molar-refractivity contribution in [2.45, 2.75) is 39.3 Å². The third kappa shape index (κ3) is 3.03. The first-order valence-corrected chi connectivity index (χ1v) is 10.4. The van der Waals surface area contributed by atoms with E-state index in [-0.39, 0.29) is 5.63 Å². The lowest BCUT2D eigenvalue weighted by atomic mass is 9.99. The molecule has 0 saturated carbocycles. The number of aryl methyl sites for hydroxylation is 2. The zero-order valence-electron chi connectivity index (χ0n) is 17.6. The summed E-state index contributed by atoms with van der Waals surface area (Å²) in [4.78, 5) is 13.7. The van der Waals surface area contributed by atoms with Crippen LogP contribution in [0.25, 0.3) is 11.0 Å². The maximum Gasteiger partial charge on any atom is 0.339 e. The number of ether oxygens (including phenoxy) is 3. The largest absolute Gasteiger partial charge is 0.497 e. The second-order valence-corrected chi connectivity index (χ2v) is 8.14. The summed E-state index contributed by atoms with van der Waals surface area (Å²) in [7, 11) is 3.33. The number of hydrogen-bond acceptors (Lipinski definition) is 5. The summed E-state index contributed by atoms with van der Waals surface area (Å²) in [5.41, 5.74) is 5.71. The summed E-state index contributed by atoms with van der Waals surface area (Å²) in [6.45, 7) is 4.16. The SMILES string of the molecule is COc1ccc(C[NH+]2COc3c(cc4c5c(c(=O)oc4c3C)CCC5)C2)c(OC)c1. The van der Waals surface area contributed by atoms with Crippen molar-refractivity contribution in [2.75, 3.05) is 21.0 Å². The van der Waals surface area contributed by atoms with Gasteiger partial charge >= 0.3 is 5.63 Å². The first kappa shape index (κ1) is 19.0. The van der Waals surface area contributed by atoms with Gasteiger partial charge in [-0.3, -0.25) is 4.90 Å². The smallest absolute Gasteiger partial charge is 0.339 e. The number of nitrogens with one attached hydrogen (secondary N) is 1. The maximum absolute atomic E-state index is 12.4. The fourth-order valence-electron chi connectivity index (χ4n) is 4.84. The lowest BCUT2D eigenvalue weighted by Gasteiger charge is -2.28. The highest BCUT2D eigenvalue weighted by atomic mass is 16.5. The number of rotatable bonds is 4. The quantitative estimate of drug-likeness (QED) is 0.673. The predicted octanol–water partition coefficient (Wildman–Crippen LogP) is 2.54. The molecular weight excluding hydrogens is 382 g/mol. The zero-order valence-corrected chi connectivity index (χ0v) is 17.6. The molecule has 1 N–H and O–H groups in total. The van der Waals surface area contributed by atoms with Crippen LogP contribution in [0.1, 0.15) is 34.2 Å². The van der Waals surface area contributed by atoms with Crippen LogP contribution in [0.5, 0.6) is 17.2 Å². The summed E-state index contributed by atoms with van der Waals surface area (Å²) in [5.74, 6) is 2.46. The Morgan fingerprint density at radius 1 is 1.10 bits per heavy atom. The van der Waals surface area contributed by atoms with Crippen molar-refractivity contribution in [3.05, 3.63) is 62.5 Å². The molecule has 0 amide bonds. The van der Waals surface area contributed by atoms with Crippen LogP contribution >= 0.6 is 0 Å². The molecule has 1 aliphatic heterocycles. The van der Waals surface area contributed by atoms with E-state index >= 15 is 0 Å². The van der Waals surface area contributed by atoms with Crippen molar-refractivity contribution >= 4 is 11.0 Å². The molecule has 5 rings (SSSR count). The van der Waals surface area contributed by atoms with E-state index in [0.29, 0.717) is 12.3 Å². The topological polar surface area (TPSA) is 62.3 Å². The highest BCUT2D eigenvalue weighted by Crippen LogP contribution is 2.36. The Kier molecular flexibility index (Phi) is 4.66.